The number of rotatable bonds is 9. The number of anilines is 4. The summed E-state index contributed by atoms with van der Waals surface area (Å²) in [5.74, 6) is -4.41. The number of para-hydroxylation sites is 4. The molecule has 0 aliphatic carbocycles. The van der Waals surface area contributed by atoms with Crippen molar-refractivity contribution in [2.24, 2.45) is 5.73 Å². The zero-order chi connectivity index (χ0) is 33.0. The number of ether oxygens (including phenoxy) is 1. The molecule has 10 heteroatoms. The van der Waals surface area contributed by atoms with Crippen LogP contribution in [0.5, 0.6) is 0 Å². The van der Waals surface area contributed by atoms with E-state index in [1.807, 2.05) is 19.9 Å². The van der Waals surface area contributed by atoms with Crippen molar-refractivity contribution >= 4 is 52.3 Å². The van der Waals surface area contributed by atoms with Crippen molar-refractivity contribution in [3.05, 3.63) is 120 Å². The third kappa shape index (κ3) is 5.49. The van der Waals surface area contributed by atoms with Gasteiger partial charge in [0, 0.05) is 17.4 Å². The Morgan fingerprint density at radius 2 is 1.41 bits per heavy atom. The van der Waals surface area contributed by atoms with Gasteiger partial charge in [-0.1, -0.05) is 60.7 Å². The summed E-state index contributed by atoms with van der Waals surface area (Å²) in [6.45, 7) is 4.90. The highest BCUT2D eigenvalue weighted by atomic mass is 16.5. The fourth-order valence-corrected chi connectivity index (χ4v) is 5.78. The maximum Gasteiger partial charge on any atom is 0.338 e. The van der Waals surface area contributed by atoms with Crippen LogP contribution in [0.2, 0.25) is 0 Å². The molecule has 0 aromatic heterocycles. The van der Waals surface area contributed by atoms with Gasteiger partial charge in [-0.2, -0.15) is 0 Å². The normalized spacial score (nSPS) is 16.1. The summed E-state index contributed by atoms with van der Waals surface area (Å²) in [6, 6.07) is 29.4. The Morgan fingerprint density at radius 1 is 0.804 bits per heavy atom. The van der Waals surface area contributed by atoms with Crippen LogP contribution in [0, 0.1) is 0 Å². The molecule has 2 N–H and O–H groups in total. The van der Waals surface area contributed by atoms with Crippen LogP contribution >= 0.6 is 0 Å². The molecule has 0 fully saturated rings. The van der Waals surface area contributed by atoms with Crippen molar-refractivity contribution in [1.82, 2.24) is 0 Å². The number of nitrogens with two attached hydrogens (primary N) is 1. The van der Waals surface area contributed by atoms with Crippen LogP contribution in [-0.2, 0) is 29.3 Å². The lowest BCUT2D eigenvalue weighted by Crippen LogP contribution is -2.62. The maximum absolute atomic E-state index is 15.0. The quantitative estimate of drug-likeness (QED) is 0.213. The molecule has 0 saturated carbocycles. The molecule has 1 aliphatic rings. The Labute approximate surface area is 267 Å². The second-order valence-corrected chi connectivity index (χ2v) is 11.0. The van der Waals surface area contributed by atoms with Crippen molar-refractivity contribution in [3.63, 3.8) is 0 Å². The number of benzene rings is 4. The van der Waals surface area contributed by atoms with E-state index in [9.17, 15) is 19.2 Å². The Bertz CT molecular complexity index is 1790. The van der Waals surface area contributed by atoms with Gasteiger partial charge in [-0.05, 0) is 74.9 Å². The minimum absolute atomic E-state index is 0.0197. The number of carbonyl (C=O) groups excluding carboxylic acids is 5. The maximum atomic E-state index is 15.0. The molecule has 1 atom stereocenters. The molecular weight excluding hydrogens is 584 g/mol. The van der Waals surface area contributed by atoms with E-state index in [0.29, 0.717) is 11.4 Å². The van der Waals surface area contributed by atoms with E-state index in [1.165, 1.54) is 29.2 Å². The smallest absolute Gasteiger partial charge is 0.338 e. The first-order valence-corrected chi connectivity index (χ1v) is 14.9. The van der Waals surface area contributed by atoms with Gasteiger partial charge in [0.05, 0.1) is 23.5 Å². The summed E-state index contributed by atoms with van der Waals surface area (Å²) in [5.41, 5.74) is 4.77. The van der Waals surface area contributed by atoms with Crippen LogP contribution in [0.1, 0.15) is 36.7 Å². The first-order chi connectivity index (χ1) is 22.1. The Morgan fingerprint density at radius 3 is 2.02 bits per heavy atom. The van der Waals surface area contributed by atoms with Crippen molar-refractivity contribution in [2.75, 3.05) is 27.9 Å². The number of fused-ring (bicyclic) bond motifs is 1. The lowest BCUT2D eigenvalue weighted by molar-refractivity contribution is -0.142. The van der Waals surface area contributed by atoms with E-state index < -0.39 is 41.6 Å². The van der Waals surface area contributed by atoms with Crippen LogP contribution in [0.25, 0.3) is 0 Å². The van der Waals surface area contributed by atoms with E-state index in [4.69, 9.17) is 10.5 Å². The molecule has 1 unspecified atom stereocenters. The highest BCUT2D eigenvalue weighted by Gasteiger charge is 2.60. The predicted molar refractivity (Wildman–Crippen MR) is 175 cm³/mol. The minimum atomic E-state index is -2.67. The number of hydrogen-bond donors (Lipinski definition) is 1. The molecule has 0 radical (unpaired) electrons. The lowest BCUT2D eigenvalue weighted by Gasteiger charge is -2.34. The lowest BCUT2D eigenvalue weighted by atomic mass is 9.76. The molecule has 1 heterocycles. The molecule has 10 nitrogen and oxygen atoms in total. The summed E-state index contributed by atoms with van der Waals surface area (Å²) < 4.78 is 5.15. The van der Waals surface area contributed by atoms with Gasteiger partial charge in [-0.3, -0.25) is 29.0 Å². The monoisotopic (exact) mass is 618 g/mol. The van der Waals surface area contributed by atoms with E-state index >= 15 is 4.79 Å². The van der Waals surface area contributed by atoms with Crippen molar-refractivity contribution in [3.8, 4) is 0 Å². The molecule has 5 rings (SSSR count). The molecule has 46 heavy (non-hydrogen) atoms. The Kier molecular flexibility index (Phi) is 8.99. The topological polar surface area (TPSA) is 130 Å². The van der Waals surface area contributed by atoms with Crippen LogP contribution in [0.4, 0.5) is 22.7 Å². The SMILES string of the molecule is CCOC(=O)c1cccc(C2(C(N)=O)C(=O)N(CC(=O)N(c3ccccc3)C(C)C)c3ccccc3N(c3ccccc3)C2=O)c1. The van der Waals surface area contributed by atoms with Crippen molar-refractivity contribution in [1.29, 1.82) is 0 Å². The average Bonchev–Trinajstić information content (AvgIpc) is 3.13. The molecule has 234 valence electrons. The van der Waals surface area contributed by atoms with Gasteiger partial charge in [0.15, 0.2) is 0 Å². The summed E-state index contributed by atoms with van der Waals surface area (Å²) >= 11 is 0. The second-order valence-electron chi connectivity index (χ2n) is 11.0. The molecule has 0 bridgehead atoms. The highest BCUT2D eigenvalue weighted by molar-refractivity contribution is 6.37. The first kappa shape index (κ1) is 31.6. The highest BCUT2D eigenvalue weighted by Crippen LogP contribution is 2.44. The number of carbonyl (C=O) groups is 5. The van der Waals surface area contributed by atoms with Gasteiger partial charge in [-0.15, -0.1) is 0 Å². The number of esters is 1. The second kappa shape index (κ2) is 13.1. The van der Waals surface area contributed by atoms with Gasteiger partial charge in [0.25, 0.3) is 11.8 Å². The summed E-state index contributed by atoms with van der Waals surface area (Å²) in [6.07, 6.45) is 0. The number of amides is 4. The van der Waals surface area contributed by atoms with E-state index in [0.717, 1.165) is 4.90 Å². The largest absolute Gasteiger partial charge is 0.462 e. The first-order valence-electron chi connectivity index (χ1n) is 14.9. The van der Waals surface area contributed by atoms with Gasteiger partial charge in [0.2, 0.25) is 17.2 Å². The minimum Gasteiger partial charge on any atom is -0.462 e. The number of primary amides is 1. The van der Waals surface area contributed by atoms with Crippen LogP contribution < -0.4 is 20.4 Å². The summed E-state index contributed by atoms with van der Waals surface area (Å²) in [5, 5.41) is 0. The van der Waals surface area contributed by atoms with Gasteiger partial charge in [-0.25, -0.2) is 4.79 Å². The third-order valence-electron chi connectivity index (χ3n) is 7.81. The molecule has 4 aromatic carbocycles. The zero-order valence-corrected chi connectivity index (χ0v) is 25.8. The number of nitrogens with zero attached hydrogens (tertiary/aromatic N) is 3. The van der Waals surface area contributed by atoms with E-state index in [-0.39, 0.29) is 35.2 Å². The molecule has 0 saturated heterocycles. The van der Waals surface area contributed by atoms with Crippen LogP contribution in [-0.4, -0.2) is 48.8 Å². The zero-order valence-electron chi connectivity index (χ0n) is 25.8. The molecule has 0 spiro atoms. The van der Waals surface area contributed by atoms with E-state index in [2.05, 4.69) is 0 Å². The molecule has 4 amide bonds. The number of hydrogen-bond acceptors (Lipinski definition) is 6. The van der Waals surface area contributed by atoms with Crippen molar-refractivity contribution in [2.45, 2.75) is 32.2 Å². The van der Waals surface area contributed by atoms with Gasteiger partial charge < -0.3 is 15.4 Å². The fourth-order valence-electron chi connectivity index (χ4n) is 5.78. The standard InChI is InChI=1S/C36H34N4O6/c1-4-46-32(42)25-14-13-15-26(22-25)36(33(37)43)34(44)38(23-31(41)39(24(2)3)27-16-7-5-8-17-27)29-20-11-12-21-30(29)40(35(36)45)28-18-9-6-10-19-28/h5-22,24H,4,23H2,1-3H3,(H2,37,43). The van der Waals surface area contributed by atoms with Crippen molar-refractivity contribution < 1.29 is 28.7 Å². The molecular formula is C36H34N4O6. The average molecular weight is 619 g/mol. The Balaban J connectivity index is 1.77. The summed E-state index contributed by atoms with van der Waals surface area (Å²) in [4.78, 5) is 74.6. The van der Waals surface area contributed by atoms with Gasteiger partial charge in [0.1, 0.15) is 6.54 Å². The predicted octanol–water partition coefficient (Wildman–Crippen LogP) is 4.74. The van der Waals surface area contributed by atoms with Gasteiger partial charge >= 0.3 is 5.97 Å². The Hall–Kier alpha value is -5.77. The fraction of sp³-hybridized carbons (Fsp3) is 0.194. The van der Waals surface area contributed by atoms with Crippen LogP contribution in [0.3, 0.4) is 0 Å². The molecule has 4 aromatic rings. The van der Waals surface area contributed by atoms with Crippen LogP contribution in [0.15, 0.2) is 109 Å². The third-order valence-corrected chi connectivity index (χ3v) is 7.81. The summed E-state index contributed by atoms with van der Waals surface area (Å²) in [7, 11) is 0. The van der Waals surface area contributed by atoms with E-state index in [1.54, 1.807) is 90.7 Å². The molecule has 1 aliphatic heterocycles.